The Bertz CT molecular complexity index is 324. The molecular formula is C14H23ClN2. The van der Waals surface area contributed by atoms with Crippen LogP contribution in [0.4, 0.5) is 0 Å². The fourth-order valence-corrected chi connectivity index (χ4v) is 2.21. The van der Waals surface area contributed by atoms with Crippen LogP contribution in [0.3, 0.4) is 0 Å². The van der Waals surface area contributed by atoms with Crippen LogP contribution in [-0.2, 0) is 0 Å². The molecule has 0 aromatic heterocycles. The standard InChI is InChI=1S/C14H23ClN2/c1-4-17(5-2)11-10-16-12(3)13-8-6-7-9-14(13)15/h6-9,12,16H,4-5,10-11H2,1-3H3/t12-/m1/s1. The van der Waals surface area contributed by atoms with Gasteiger partial charge in [0.05, 0.1) is 0 Å². The van der Waals surface area contributed by atoms with E-state index in [1.165, 1.54) is 5.56 Å². The van der Waals surface area contributed by atoms with Gasteiger partial charge in [0.1, 0.15) is 0 Å². The molecule has 1 atom stereocenters. The lowest BCUT2D eigenvalue weighted by Gasteiger charge is -2.21. The van der Waals surface area contributed by atoms with Crippen LogP contribution in [0.15, 0.2) is 24.3 Å². The Labute approximate surface area is 110 Å². The maximum absolute atomic E-state index is 6.16. The molecule has 1 aromatic rings. The first-order chi connectivity index (χ1) is 8.19. The highest BCUT2D eigenvalue weighted by atomic mass is 35.5. The second kappa shape index (κ2) is 7.70. The maximum Gasteiger partial charge on any atom is 0.0453 e. The van der Waals surface area contributed by atoms with Crippen LogP contribution >= 0.6 is 11.6 Å². The average Bonchev–Trinajstić information content (AvgIpc) is 2.35. The summed E-state index contributed by atoms with van der Waals surface area (Å²) in [5.74, 6) is 0. The first kappa shape index (κ1) is 14.5. The third kappa shape index (κ3) is 4.66. The normalized spacial score (nSPS) is 13.0. The summed E-state index contributed by atoms with van der Waals surface area (Å²) in [6.07, 6.45) is 0. The molecule has 17 heavy (non-hydrogen) atoms. The first-order valence-corrected chi connectivity index (χ1v) is 6.77. The molecule has 96 valence electrons. The van der Waals surface area contributed by atoms with Gasteiger partial charge in [0.25, 0.3) is 0 Å². The molecule has 1 N–H and O–H groups in total. The Hall–Kier alpha value is -0.570. The van der Waals surface area contributed by atoms with Gasteiger partial charge >= 0.3 is 0 Å². The third-order valence-electron chi connectivity index (χ3n) is 3.14. The van der Waals surface area contributed by atoms with Crippen LogP contribution in [-0.4, -0.2) is 31.1 Å². The van der Waals surface area contributed by atoms with E-state index in [9.17, 15) is 0 Å². The van der Waals surface area contributed by atoms with Crippen molar-refractivity contribution < 1.29 is 0 Å². The predicted molar refractivity (Wildman–Crippen MR) is 75.7 cm³/mol. The molecule has 0 heterocycles. The molecule has 1 aromatic carbocycles. The smallest absolute Gasteiger partial charge is 0.0453 e. The van der Waals surface area contributed by atoms with E-state index in [0.717, 1.165) is 31.2 Å². The lowest BCUT2D eigenvalue weighted by molar-refractivity contribution is 0.298. The maximum atomic E-state index is 6.16. The minimum atomic E-state index is 0.305. The third-order valence-corrected chi connectivity index (χ3v) is 3.49. The summed E-state index contributed by atoms with van der Waals surface area (Å²) in [7, 11) is 0. The molecular weight excluding hydrogens is 232 g/mol. The first-order valence-electron chi connectivity index (χ1n) is 6.39. The molecule has 3 heteroatoms. The van der Waals surface area contributed by atoms with Crippen molar-refractivity contribution in [1.29, 1.82) is 0 Å². The monoisotopic (exact) mass is 254 g/mol. The van der Waals surface area contributed by atoms with Gasteiger partial charge in [0.15, 0.2) is 0 Å². The Kier molecular flexibility index (Phi) is 6.56. The summed E-state index contributed by atoms with van der Waals surface area (Å²) in [5, 5.41) is 4.36. The van der Waals surface area contributed by atoms with Gasteiger partial charge < -0.3 is 10.2 Å². The summed E-state index contributed by atoms with van der Waals surface area (Å²) in [5.41, 5.74) is 1.17. The zero-order chi connectivity index (χ0) is 12.7. The molecule has 0 unspecified atom stereocenters. The van der Waals surface area contributed by atoms with E-state index in [-0.39, 0.29) is 0 Å². The lowest BCUT2D eigenvalue weighted by atomic mass is 10.1. The predicted octanol–water partition coefficient (Wildman–Crippen LogP) is 3.33. The van der Waals surface area contributed by atoms with Gasteiger partial charge in [-0.3, -0.25) is 0 Å². The number of benzene rings is 1. The van der Waals surface area contributed by atoms with Crippen LogP contribution in [0.1, 0.15) is 32.4 Å². The van der Waals surface area contributed by atoms with E-state index in [1.807, 2.05) is 18.2 Å². The van der Waals surface area contributed by atoms with E-state index in [2.05, 4.69) is 37.1 Å². The highest BCUT2D eigenvalue weighted by molar-refractivity contribution is 6.31. The van der Waals surface area contributed by atoms with E-state index in [4.69, 9.17) is 11.6 Å². The summed E-state index contributed by atoms with van der Waals surface area (Å²) >= 11 is 6.16. The van der Waals surface area contributed by atoms with Crippen LogP contribution in [0, 0.1) is 0 Å². The molecule has 0 saturated heterocycles. The van der Waals surface area contributed by atoms with Gasteiger partial charge in [-0.25, -0.2) is 0 Å². The summed E-state index contributed by atoms with van der Waals surface area (Å²) in [6.45, 7) is 10.8. The number of likely N-dealkylation sites (N-methyl/N-ethyl adjacent to an activating group) is 1. The van der Waals surface area contributed by atoms with Crippen molar-refractivity contribution >= 4 is 11.6 Å². The van der Waals surface area contributed by atoms with Gasteiger partial charge in [0, 0.05) is 24.2 Å². The second-order valence-electron chi connectivity index (χ2n) is 4.22. The number of hydrogen-bond donors (Lipinski definition) is 1. The molecule has 0 spiro atoms. The minimum Gasteiger partial charge on any atom is -0.309 e. The second-order valence-corrected chi connectivity index (χ2v) is 4.63. The average molecular weight is 255 g/mol. The van der Waals surface area contributed by atoms with Gasteiger partial charge in [-0.15, -0.1) is 0 Å². The van der Waals surface area contributed by atoms with E-state index < -0.39 is 0 Å². The topological polar surface area (TPSA) is 15.3 Å². The molecule has 0 saturated carbocycles. The van der Waals surface area contributed by atoms with Crippen molar-refractivity contribution in [2.75, 3.05) is 26.2 Å². The molecule has 0 amide bonds. The number of rotatable bonds is 7. The zero-order valence-corrected chi connectivity index (χ0v) is 11.8. The number of nitrogens with zero attached hydrogens (tertiary/aromatic N) is 1. The highest BCUT2D eigenvalue weighted by Gasteiger charge is 2.08. The molecule has 0 fully saturated rings. The lowest BCUT2D eigenvalue weighted by Crippen LogP contribution is -2.33. The van der Waals surface area contributed by atoms with Gasteiger partial charge in [0.2, 0.25) is 0 Å². The van der Waals surface area contributed by atoms with Gasteiger partial charge in [-0.1, -0.05) is 43.6 Å². The van der Waals surface area contributed by atoms with Crippen molar-refractivity contribution in [3.63, 3.8) is 0 Å². The van der Waals surface area contributed by atoms with Crippen molar-refractivity contribution in [2.24, 2.45) is 0 Å². The quantitative estimate of drug-likeness (QED) is 0.803. The SMILES string of the molecule is CCN(CC)CCN[C@H](C)c1ccccc1Cl. The molecule has 0 radical (unpaired) electrons. The van der Waals surface area contributed by atoms with E-state index >= 15 is 0 Å². The number of nitrogens with one attached hydrogen (secondary N) is 1. The summed E-state index contributed by atoms with van der Waals surface area (Å²) in [6, 6.07) is 8.33. The summed E-state index contributed by atoms with van der Waals surface area (Å²) in [4.78, 5) is 2.41. The fraction of sp³-hybridized carbons (Fsp3) is 0.571. The Morgan fingerprint density at radius 3 is 2.47 bits per heavy atom. The largest absolute Gasteiger partial charge is 0.309 e. The van der Waals surface area contributed by atoms with Crippen LogP contribution in [0.5, 0.6) is 0 Å². The Morgan fingerprint density at radius 2 is 1.88 bits per heavy atom. The molecule has 2 nitrogen and oxygen atoms in total. The van der Waals surface area contributed by atoms with Crippen molar-refractivity contribution in [1.82, 2.24) is 10.2 Å². The molecule has 1 rings (SSSR count). The number of halogens is 1. The molecule has 0 aliphatic heterocycles. The molecule has 0 aliphatic carbocycles. The Balaban J connectivity index is 2.40. The van der Waals surface area contributed by atoms with Crippen molar-refractivity contribution in [3.8, 4) is 0 Å². The van der Waals surface area contributed by atoms with Gasteiger partial charge in [-0.2, -0.15) is 0 Å². The van der Waals surface area contributed by atoms with E-state index in [1.54, 1.807) is 0 Å². The van der Waals surface area contributed by atoms with Crippen molar-refractivity contribution in [2.45, 2.75) is 26.8 Å². The Morgan fingerprint density at radius 1 is 1.24 bits per heavy atom. The van der Waals surface area contributed by atoms with Crippen LogP contribution in [0.25, 0.3) is 0 Å². The highest BCUT2D eigenvalue weighted by Crippen LogP contribution is 2.21. The van der Waals surface area contributed by atoms with Crippen LogP contribution < -0.4 is 5.32 Å². The van der Waals surface area contributed by atoms with Crippen LogP contribution in [0.2, 0.25) is 5.02 Å². The van der Waals surface area contributed by atoms with Gasteiger partial charge in [-0.05, 0) is 31.6 Å². The zero-order valence-electron chi connectivity index (χ0n) is 11.0. The van der Waals surface area contributed by atoms with Crippen molar-refractivity contribution in [3.05, 3.63) is 34.9 Å². The minimum absolute atomic E-state index is 0.305. The summed E-state index contributed by atoms with van der Waals surface area (Å²) < 4.78 is 0. The fourth-order valence-electron chi connectivity index (χ4n) is 1.92. The number of hydrogen-bond acceptors (Lipinski definition) is 2. The van der Waals surface area contributed by atoms with E-state index in [0.29, 0.717) is 6.04 Å². The molecule has 0 bridgehead atoms. The molecule has 0 aliphatic rings.